The summed E-state index contributed by atoms with van der Waals surface area (Å²) in [6, 6.07) is 0. The van der Waals surface area contributed by atoms with Gasteiger partial charge in [-0.3, -0.25) is 0 Å². The lowest BCUT2D eigenvalue weighted by molar-refractivity contribution is 0.142. The van der Waals surface area contributed by atoms with Gasteiger partial charge in [0.1, 0.15) is 12.4 Å². The lowest BCUT2D eigenvalue weighted by Crippen LogP contribution is -2.29. The minimum atomic E-state index is 0.756. The lowest BCUT2D eigenvalue weighted by atomic mass is 10.2. The van der Waals surface area contributed by atoms with E-state index in [2.05, 4.69) is 37.9 Å². The van der Waals surface area contributed by atoms with Crippen LogP contribution in [-0.2, 0) is 4.74 Å². The summed E-state index contributed by atoms with van der Waals surface area (Å²) in [5, 5.41) is 0. The molecule has 0 aromatic heterocycles. The van der Waals surface area contributed by atoms with Crippen LogP contribution in [-0.4, -0.2) is 25.1 Å². The van der Waals surface area contributed by atoms with Gasteiger partial charge in [-0.05, 0) is 32.9 Å². The zero-order chi connectivity index (χ0) is 12.0. The predicted octanol–water partition coefficient (Wildman–Crippen LogP) is 3.26. The van der Waals surface area contributed by atoms with Crippen LogP contribution in [0.2, 0.25) is 0 Å². The molecule has 2 heteroatoms. The van der Waals surface area contributed by atoms with Crippen molar-refractivity contribution in [2.75, 3.05) is 20.2 Å². The molecule has 88 valence electrons. The highest BCUT2D eigenvalue weighted by Crippen LogP contribution is 2.20. The molecule has 0 bridgehead atoms. The second kappa shape index (κ2) is 6.21. The molecule has 0 aromatic carbocycles. The van der Waals surface area contributed by atoms with Crippen molar-refractivity contribution in [3.63, 3.8) is 0 Å². The summed E-state index contributed by atoms with van der Waals surface area (Å²) in [4.78, 5) is 2.22. The summed E-state index contributed by atoms with van der Waals surface area (Å²) < 4.78 is 5.68. The lowest BCUT2D eigenvalue weighted by Gasteiger charge is -2.29. The molecule has 1 fully saturated rings. The Bertz CT molecular complexity index is 344. The smallest absolute Gasteiger partial charge is 0.142 e. The summed E-state index contributed by atoms with van der Waals surface area (Å²) >= 11 is 0. The first-order chi connectivity index (χ1) is 7.65. The van der Waals surface area contributed by atoms with Gasteiger partial charge in [-0.2, -0.15) is 0 Å². The number of hydrogen-bond acceptors (Lipinski definition) is 2. The molecule has 0 amide bonds. The summed E-state index contributed by atoms with van der Waals surface area (Å²) in [5.41, 5.74) is 2.41. The number of nitrogens with zero attached hydrogens (tertiary/aromatic N) is 1. The SMILES string of the molecule is CC=CC=C1C(=CC=C(C)C)OCCN1C. The summed E-state index contributed by atoms with van der Waals surface area (Å²) in [5.74, 6) is 0.952. The van der Waals surface area contributed by atoms with Crippen LogP contribution in [0, 0.1) is 0 Å². The molecule has 2 nitrogen and oxygen atoms in total. The molecule has 0 N–H and O–H groups in total. The Balaban J connectivity index is 2.95. The molecule has 1 rings (SSSR count). The van der Waals surface area contributed by atoms with E-state index in [0.717, 1.165) is 24.6 Å². The predicted molar refractivity (Wildman–Crippen MR) is 69.0 cm³/mol. The van der Waals surface area contributed by atoms with Crippen molar-refractivity contribution in [2.45, 2.75) is 20.8 Å². The fraction of sp³-hybridized carbons (Fsp3) is 0.429. The van der Waals surface area contributed by atoms with E-state index in [9.17, 15) is 0 Å². The van der Waals surface area contributed by atoms with Crippen LogP contribution in [0.3, 0.4) is 0 Å². The van der Waals surface area contributed by atoms with Gasteiger partial charge in [-0.15, -0.1) is 0 Å². The molecule has 1 aliphatic rings. The van der Waals surface area contributed by atoms with E-state index in [0.29, 0.717) is 0 Å². The molecule has 16 heavy (non-hydrogen) atoms. The second-order valence-electron chi connectivity index (χ2n) is 4.12. The van der Waals surface area contributed by atoms with E-state index in [4.69, 9.17) is 4.74 Å². The molecule has 0 aromatic rings. The van der Waals surface area contributed by atoms with Crippen LogP contribution in [0.4, 0.5) is 0 Å². The Morgan fingerprint density at radius 2 is 2.06 bits per heavy atom. The standard InChI is InChI=1S/C14H21NO/c1-5-6-7-13-14(9-8-12(2)3)16-11-10-15(13)4/h5-9H,10-11H2,1-4H3. The third kappa shape index (κ3) is 3.61. The highest BCUT2D eigenvalue weighted by molar-refractivity contribution is 5.32. The van der Waals surface area contributed by atoms with E-state index in [-0.39, 0.29) is 0 Å². The average Bonchev–Trinajstić information content (AvgIpc) is 2.25. The number of allylic oxidation sites excluding steroid dienone is 6. The quantitative estimate of drug-likeness (QED) is 0.707. The van der Waals surface area contributed by atoms with Crippen molar-refractivity contribution < 1.29 is 4.74 Å². The molecule has 0 radical (unpaired) electrons. The van der Waals surface area contributed by atoms with Gasteiger partial charge in [-0.1, -0.05) is 23.8 Å². The Kier molecular flexibility index (Phi) is 4.90. The van der Waals surface area contributed by atoms with Crippen molar-refractivity contribution in [1.29, 1.82) is 0 Å². The fourth-order valence-corrected chi connectivity index (χ4v) is 1.45. The second-order valence-corrected chi connectivity index (χ2v) is 4.12. The molecule has 0 aliphatic carbocycles. The first-order valence-electron chi connectivity index (χ1n) is 5.67. The highest BCUT2D eigenvalue weighted by atomic mass is 16.5. The van der Waals surface area contributed by atoms with Crippen molar-refractivity contribution in [2.24, 2.45) is 0 Å². The molecule has 0 unspecified atom stereocenters. The first-order valence-corrected chi connectivity index (χ1v) is 5.67. The molecule has 0 atom stereocenters. The Hall–Kier alpha value is -1.44. The van der Waals surface area contributed by atoms with Gasteiger partial charge in [0, 0.05) is 7.05 Å². The van der Waals surface area contributed by atoms with E-state index in [1.807, 2.05) is 25.2 Å². The van der Waals surface area contributed by atoms with Crippen molar-refractivity contribution >= 4 is 0 Å². The number of hydrogen-bond donors (Lipinski definition) is 0. The highest BCUT2D eigenvalue weighted by Gasteiger charge is 2.16. The Labute approximate surface area is 98.6 Å². The molecule has 1 heterocycles. The van der Waals surface area contributed by atoms with Gasteiger partial charge in [0.05, 0.1) is 12.2 Å². The first kappa shape index (κ1) is 12.6. The molecular weight excluding hydrogens is 198 g/mol. The maximum atomic E-state index is 5.68. The molecule has 0 spiro atoms. The van der Waals surface area contributed by atoms with Crippen LogP contribution in [0.5, 0.6) is 0 Å². The van der Waals surface area contributed by atoms with Gasteiger partial charge in [0.25, 0.3) is 0 Å². The number of morpholine rings is 1. The third-order valence-electron chi connectivity index (χ3n) is 2.36. The van der Waals surface area contributed by atoms with Crippen LogP contribution < -0.4 is 0 Å². The van der Waals surface area contributed by atoms with Crippen molar-refractivity contribution in [3.05, 3.63) is 47.4 Å². The Morgan fingerprint density at radius 1 is 1.31 bits per heavy atom. The summed E-state index contributed by atoms with van der Waals surface area (Å²) in [7, 11) is 2.09. The van der Waals surface area contributed by atoms with E-state index >= 15 is 0 Å². The van der Waals surface area contributed by atoms with E-state index in [1.165, 1.54) is 5.57 Å². The monoisotopic (exact) mass is 219 g/mol. The zero-order valence-corrected chi connectivity index (χ0v) is 10.7. The molecule has 1 aliphatic heterocycles. The van der Waals surface area contributed by atoms with Crippen molar-refractivity contribution in [3.8, 4) is 0 Å². The van der Waals surface area contributed by atoms with Crippen LogP contribution in [0.1, 0.15) is 20.8 Å². The van der Waals surface area contributed by atoms with E-state index in [1.54, 1.807) is 0 Å². The summed E-state index contributed by atoms with van der Waals surface area (Å²) in [6.07, 6.45) is 10.3. The minimum Gasteiger partial charge on any atom is -0.490 e. The normalized spacial score (nSPS) is 21.6. The largest absolute Gasteiger partial charge is 0.490 e. The number of likely N-dealkylation sites (N-methyl/N-ethyl adjacent to an activating group) is 1. The topological polar surface area (TPSA) is 12.5 Å². The molecule has 1 saturated heterocycles. The fourth-order valence-electron chi connectivity index (χ4n) is 1.45. The average molecular weight is 219 g/mol. The zero-order valence-electron chi connectivity index (χ0n) is 10.7. The van der Waals surface area contributed by atoms with Gasteiger partial charge in [-0.25, -0.2) is 0 Å². The summed E-state index contributed by atoms with van der Waals surface area (Å²) in [6.45, 7) is 7.87. The third-order valence-corrected chi connectivity index (χ3v) is 2.36. The Morgan fingerprint density at radius 3 is 2.69 bits per heavy atom. The van der Waals surface area contributed by atoms with Gasteiger partial charge in [0.2, 0.25) is 0 Å². The minimum absolute atomic E-state index is 0.756. The number of ether oxygens (including phenoxy) is 1. The van der Waals surface area contributed by atoms with Gasteiger partial charge >= 0.3 is 0 Å². The van der Waals surface area contributed by atoms with Crippen molar-refractivity contribution in [1.82, 2.24) is 4.90 Å². The van der Waals surface area contributed by atoms with Crippen LogP contribution in [0.25, 0.3) is 0 Å². The number of rotatable bonds is 2. The van der Waals surface area contributed by atoms with Crippen LogP contribution >= 0.6 is 0 Å². The van der Waals surface area contributed by atoms with E-state index < -0.39 is 0 Å². The van der Waals surface area contributed by atoms with Gasteiger partial charge < -0.3 is 9.64 Å². The molecule has 0 saturated carbocycles. The van der Waals surface area contributed by atoms with Crippen LogP contribution in [0.15, 0.2) is 47.4 Å². The maximum Gasteiger partial charge on any atom is 0.142 e. The maximum absolute atomic E-state index is 5.68. The van der Waals surface area contributed by atoms with Gasteiger partial charge in [0.15, 0.2) is 0 Å². The molecular formula is C14H21NO.